The molecule has 0 aliphatic heterocycles. The minimum absolute atomic E-state index is 0.0522. The van der Waals surface area contributed by atoms with E-state index in [-0.39, 0.29) is 12.6 Å². The summed E-state index contributed by atoms with van der Waals surface area (Å²) >= 11 is 1.99. The van der Waals surface area contributed by atoms with Crippen LogP contribution in [0.2, 0.25) is 0 Å². The Morgan fingerprint density at radius 2 is 1.95 bits per heavy atom. The van der Waals surface area contributed by atoms with E-state index < -0.39 is 0 Å². The van der Waals surface area contributed by atoms with Gasteiger partial charge in [0.05, 0.1) is 6.61 Å². The molecule has 0 aromatic heterocycles. The zero-order chi connectivity index (χ0) is 14.4. The Morgan fingerprint density at radius 1 is 1.25 bits per heavy atom. The second kappa shape index (κ2) is 8.06. The largest absolute Gasteiger partial charge is 0.395 e. The summed E-state index contributed by atoms with van der Waals surface area (Å²) in [6, 6.07) is 8.53. The van der Waals surface area contributed by atoms with Gasteiger partial charge < -0.3 is 10.8 Å². The van der Waals surface area contributed by atoms with Crippen molar-refractivity contribution in [1.82, 2.24) is 0 Å². The van der Waals surface area contributed by atoms with Crippen molar-refractivity contribution in [1.29, 1.82) is 0 Å². The zero-order valence-electron chi connectivity index (χ0n) is 12.4. The summed E-state index contributed by atoms with van der Waals surface area (Å²) < 4.78 is 0. The first kappa shape index (κ1) is 15.9. The second-order valence-electron chi connectivity index (χ2n) is 5.96. The first-order valence-electron chi connectivity index (χ1n) is 7.81. The molecule has 0 amide bonds. The number of thioether (sulfide) groups is 1. The molecule has 0 saturated heterocycles. The maximum absolute atomic E-state index is 8.98. The average Bonchev–Trinajstić information content (AvgIpc) is 2.94. The van der Waals surface area contributed by atoms with E-state index in [0.717, 1.165) is 18.3 Å². The smallest absolute Gasteiger partial charge is 0.0585 e. The lowest BCUT2D eigenvalue weighted by atomic mass is 9.96. The lowest BCUT2D eigenvalue weighted by Crippen LogP contribution is -2.26. The molecule has 3 N–H and O–H groups in total. The van der Waals surface area contributed by atoms with E-state index in [9.17, 15) is 0 Å². The van der Waals surface area contributed by atoms with Crippen LogP contribution in [0.5, 0.6) is 0 Å². The molecule has 2 rings (SSSR count). The summed E-state index contributed by atoms with van der Waals surface area (Å²) in [4.78, 5) is 1.35. The lowest BCUT2D eigenvalue weighted by Gasteiger charge is -2.17. The molecule has 1 aliphatic carbocycles. The Kier molecular flexibility index (Phi) is 6.40. The Hall–Kier alpha value is -0.510. The molecule has 1 fully saturated rings. The van der Waals surface area contributed by atoms with Gasteiger partial charge in [0.25, 0.3) is 0 Å². The molecule has 1 saturated carbocycles. The maximum Gasteiger partial charge on any atom is 0.0585 e. The van der Waals surface area contributed by atoms with Crippen LogP contribution in [0.1, 0.15) is 38.2 Å². The molecule has 0 radical (unpaired) electrons. The SMILES string of the molecule is CCC1CCCC1CSc1ccc(CC(N)CO)cc1. The molecule has 0 spiro atoms. The fourth-order valence-corrected chi connectivity index (χ4v) is 4.34. The lowest BCUT2D eigenvalue weighted by molar-refractivity contribution is 0.265. The maximum atomic E-state index is 8.98. The van der Waals surface area contributed by atoms with Crippen LogP contribution in [0.25, 0.3) is 0 Å². The average molecular weight is 293 g/mol. The molecule has 3 heteroatoms. The quantitative estimate of drug-likeness (QED) is 0.757. The summed E-state index contributed by atoms with van der Waals surface area (Å²) in [6.45, 7) is 2.38. The molecular weight excluding hydrogens is 266 g/mol. The summed E-state index contributed by atoms with van der Waals surface area (Å²) in [6.07, 6.45) is 6.35. The van der Waals surface area contributed by atoms with Gasteiger partial charge in [0.2, 0.25) is 0 Å². The fraction of sp³-hybridized carbons (Fsp3) is 0.647. The van der Waals surface area contributed by atoms with E-state index in [4.69, 9.17) is 10.8 Å². The van der Waals surface area contributed by atoms with Gasteiger partial charge in [-0.1, -0.05) is 38.3 Å². The van der Waals surface area contributed by atoms with E-state index in [1.165, 1.54) is 41.9 Å². The second-order valence-corrected chi connectivity index (χ2v) is 7.05. The minimum Gasteiger partial charge on any atom is -0.395 e. The van der Waals surface area contributed by atoms with Crippen LogP contribution in [0, 0.1) is 11.8 Å². The van der Waals surface area contributed by atoms with Crippen LogP contribution in [0.4, 0.5) is 0 Å². The number of benzene rings is 1. The highest BCUT2D eigenvalue weighted by molar-refractivity contribution is 7.99. The van der Waals surface area contributed by atoms with E-state index in [1.54, 1.807) is 0 Å². The molecule has 20 heavy (non-hydrogen) atoms. The van der Waals surface area contributed by atoms with Crippen LogP contribution < -0.4 is 5.73 Å². The van der Waals surface area contributed by atoms with E-state index in [0.29, 0.717) is 0 Å². The van der Waals surface area contributed by atoms with Crippen molar-refractivity contribution in [2.75, 3.05) is 12.4 Å². The topological polar surface area (TPSA) is 46.2 Å². The first-order valence-corrected chi connectivity index (χ1v) is 8.79. The van der Waals surface area contributed by atoms with Gasteiger partial charge in [0.15, 0.2) is 0 Å². The normalized spacial score (nSPS) is 23.9. The molecule has 1 aliphatic rings. The van der Waals surface area contributed by atoms with Crippen LogP contribution >= 0.6 is 11.8 Å². The van der Waals surface area contributed by atoms with E-state index in [1.807, 2.05) is 11.8 Å². The van der Waals surface area contributed by atoms with E-state index in [2.05, 4.69) is 31.2 Å². The number of aliphatic hydroxyl groups excluding tert-OH is 1. The summed E-state index contributed by atoms with van der Waals surface area (Å²) in [5.41, 5.74) is 6.97. The zero-order valence-corrected chi connectivity index (χ0v) is 13.2. The molecule has 2 nitrogen and oxygen atoms in total. The molecule has 3 atom stereocenters. The number of nitrogens with two attached hydrogens (primary N) is 1. The van der Waals surface area contributed by atoms with Crippen LogP contribution in [0.3, 0.4) is 0 Å². The Labute approximate surface area is 127 Å². The van der Waals surface area contributed by atoms with Crippen molar-refractivity contribution in [3.63, 3.8) is 0 Å². The monoisotopic (exact) mass is 293 g/mol. The van der Waals surface area contributed by atoms with Crippen molar-refractivity contribution in [2.24, 2.45) is 17.6 Å². The Bertz CT molecular complexity index is 392. The van der Waals surface area contributed by atoms with Gasteiger partial charge in [-0.15, -0.1) is 11.8 Å². The first-order chi connectivity index (χ1) is 9.72. The summed E-state index contributed by atoms with van der Waals surface area (Å²) in [5.74, 6) is 3.12. The standard InChI is InChI=1S/C17H27NOS/c1-2-14-4-3-5-15(14)12-20-17-8-6-13(7-9-17)10-16(18)11-19/h6-9,14-16,19H,2-5,10-12,18H2,1H3. The molecule has 3 unspecified atom stereocenters. The third-order valence-corrected chi connectivity index (χ3v) is 5.66. The number of hydrogen-bond donors (Lipinski definition) is 2. The molecule has 1 aromatic rings. The third kappa shape index (κ3) is 4.51. The van der Waals surface area contributed by atoms with Gasteiger partial charge in [-0.2, -0.15) is 0 Å². The van der Waals surface area contributed by atoms with E-state index >= 15 is 0 Å². The van der Waals surface area contributed by atoms with Crippen molar-refractivity contribution < 1.29 is 5.11 Å². The highest BCUT2D eigenvalue weighted by Crippen LogP contribution is 2.37. The van der Waals surface area contributed by atoms with Gasteiger partial charge in [-0.25, -0.2) is 0 Å². The Balaban J connectivity index is 1.81. The Morgan fingerprint density at radius 3 is 2.60 bits per heavy atom. The number of hydrogen-bond acceptors (Lipinski definition) is 3. The van der Waals surface area contributed by atoms with Crippen LogP contribution in [-0.2, 0) is 6.42 Å². The highest BCUT2D eigenvalue weighted by atomic mass is 32.2. The van der Waals surface area contributed by atoms with Crippen molar-refractivity contribution in [3.05, 3.63) is 29.8 Å². The molecular formula is C17H27NOS. The fourth-order valence-electron chi connectivity index (χ4n) is 3.16. The highest BCUT2D eigenvalue weighted by Gasteiger charge is 2.25. The van der Waals surface area contributed by atoms with Gasteiger partial charge >= 0.3 is 0 Å². The van der Waals surface area contributed by atoms with Crippen molar-refractivity contribution >= 4 is 11.8 Å². The van der Waals surface area contributed by atoms with Crippen molar-refractivity contribution in [3.8, 4) is 0 Å². The van der Waals surface area contributed by atoms with Crippen molar-refractivity contribution in [2.45, 2.75) is 50.0 Å². The molecule has 0 bridgehead atoms. The van der Waals surface area contributed by atoms with Crippen LogP contribution in [0.15, 0.2) is 29.2 Å². The molecule has 112 valence electrons. The summed E-state index contributed by atoms with van der Waals surface area (Å²) in [5, 5.41) is 8.98. The molecule has 0 heterocycles. The predicted molar refractivity (Wildman–Crippen MR) is 87.1 cm³/mol. The predicted octanol–water partition coefficient (Wildman–Crippen LogP) is 3.47. The van der Waals surface area contributed by atoms with Gasteiger partial charge in [-0.05, 0) is 42.4 Å². The molecule has 1 aromatic carbocycles. The van der Waals surface area contributed by atoms with Gasteiger partial charge in [-0.3, -0.25) is 0 Å². The van der Waals surface area contributed by atoms with Gasteiger partial charge in [0.1, 0.15) is 0 Å². The third-order valence-electron chi connectivity index (χ3n) is 4.46. The number of rotatable bonds is 7. The number of aliphatic hydroxyl groups is 1. The van der Waals surface area contributed by atoms with Gasteiger partial charge in [0, 0.05) is 16.7 Å². The minimum atomic E-state index is -0.141. The van der Waals surface area contributed by atoms with Crippen LogP contribution in [-0.4, -0.2) is 23.5 Å². The summed E-state index contributed by atoms with van der Waals surface area (Å²) in [7, 11) is 0.